The monoisotopic (exact) mass is 348 g/mol. The molecule has 1 aromatic heterocycles. The van der Waals surface area contributed by atoms with Crippen molar-refractivity contribution in [2.75, 3.05) is 16.8 Å². The van der Waals surface area contributed by atoms with E-state index in [2.05, 4.69) is 5.32 Å². The van der Waals surface area contributed by atoms with E-state index in [0.717, 1.165) is 12.1 Å². The lowest BCUT2D eigenvalue weighted by Crippen LogP contribution is -2.24. The Morgan fingerprint density at radius 2 is 1.88 bits per heavy atom. The van der Waals surface area contributed by atoms with E-state index in [9.17, 15) is 14.4 Å². The predicted octanol–water partition coefficient (Wildman–Crippen LogP) is 3.17. The molecule has 1 fully saturated rings. The largest absolute Gasteiger partial charge is 0.422 e. The second-order valence-electron chi connectivity index (χ2n) is 6.14. The summed E-state index contributed by atoms with van der Waals surface area (Å²) in [4.78, 5) is 38.2. The smallest absolute Gasteiger partial charge is 0.349 e. The van der Waals surface area contributed by atoms with Crippen molar-refractivity contribution in [2.45, 2.75) is 12.8 Å². The Bertz CT molecular complexity index is 1070. The van der Waals surface area contributed by atoms with E-state index in [1.807, 2.05) is 6.07 Å². The lowest BCUT2D eigenvalue weighted by Gasteiger charge is -2.16. The molecular formula is C20H16N2O4. The van der Waals surface area contributed by atoms with Crippen LogP contribution in [0.2, 0.25) is 0 Å². The third-order valence-corrected chi connectivity index (χ3v) is 4.38. The van der Waals surface area contributed by atoms with Crippen molar-refractivity contribution in [2.24, 2.45) is 0 Å². The van der Waals surface area contributed by atoms with Crippen LogP contribution in [0.15, 0.2) is 63.8 Å². The molecular weight excluding hydrogens is 332 g/mol. The highest BCUT2D eigenvalue weighted by molar-refractivity contribution is 6.06. The molecule has 1 N–H and O–H groups in total. The number of carbonyl (C=O) groups is 2. The summed E-state index contributed by atoms with van der Waals surface area (Å²) in [7, 11) is 0. The molecule has 0 aliphatic carbocycles. The molecule has 6 heteroatoms. The molecule has 2 heterocycles. The Labute approximate surface area is 149 Å². The van der Waals surface area contributed by atoms with Crippen LogP contribution in [-0.4, -0.2) is 18.4 Å². The Hall–Kier alpha value is -3.41. The SMILES string of the molecule is O=C(Nc1cccc(N2CCCC2=O)c1)c1cc2ccccc2oc1=O. The zero-order valence-corrected chi connectivity index (χ0v) is 13.9. The molecule has 0 spiro atoms. The van der Waals surface area contributed by atoms with Crippen LogP contribution in [0, 0.1) is 0 Å². The van der Waals surface area contributed by atoms with Gasteiger partial charge in [-0.15, -0.1) is 0 Å². The molecule has 1 aliphatic heterocycles. The molecule has 3 aromatic rings. The normalized spacial score (nSPS) is 14.0. The molecule has 4 rings (SSSR count). The van der Waals surface area contributed by atoms with E-state index in [0.29, 0.717) is 29.6 Å². The number of hydrogen-bond donors (Lipinski definition) is 1. The third-order valence-electron chi connectivity index (χ3n) is 4.38. The number of carbonyl (C=O) groups excluding carboxylic acids is 2. The van der Waals surface area contributed by atoms with Gasteiger partial charge in [-0.05, 0) is 36.8 Å². The van der Waals surface area contributed by atoms with Gasteiger partial charge in [0.15, 0.2) is 0 Å². The standard InChI is InChI=1S/C20H16N2O4/c23-18-9-4-10-22(18)15-7-3-6-14(12-15)21-19(24)16-11-13-5-1-2-8-17(13)26-20(16)25/h1-3,5-8,11-12H,4,9-10H2,(H,21,24). The Morgan fingerprint density at radius 3 is 2.69 bits per heavy atom. The van der Waals surface area contributed by atoms with Crippen molar-refractivity contribution in [1.82, 2.24) is 0 Å². The van der Waals surface area contributed by atoms with Gasteiger partial charge in [0.1, 0.15) is 11.1 Å². The van der Waals surface area contributed by atoms with Crippen LogP contribution in [0.1, 0.15) is 23.2 Å². The maximum Gasteiger partial charge on any atom is 0.349 e. The van der Waals surface area contributed by atoms with Crippen LogP contribution < -0.4 is 15.8 Å². The molecule has 6 nitrogen and oxygen atoms in total. The lowest BCUT2D eigenvalue weighted by molar-refractivity contribution is -0.117. The van der Waals surface area contributed by atoms with Gasteiger partial charge in [0.05, 0.1) is 0 Å². The summed E-state index contributed by atoms with van der Waals surface area (Å²) in [5.74, 6) is -0.474. The predicted molar refractivity (Wildman–Crippen MR) is 98.5 cm³/mol. The summed E-state index contributed by atoms with van der Waals surface area (Å²) >= 11 is 0. The number of para-hydroxylation sites is 1. The summed E-state index contributed by atoms with van der Waals surface area (Å²) < 4.78 is 5.20. The van der Waals surface area contributed by atoms with Crippen LogP contribution in [0.5, 0.6) is 0 Å². The van der Waals surface area contributed by atoms with E-state index < -0.39 is 11.5 Å². The highest BCUT2D eigenvalue weighted by Gasteiger charge is 2.22. The number of benzene rings is 2. The van der Waals surface area contributed by atoms with Gasteiger partial charge in [0, 0.05) is 29.7 Å². The Balaban J connectivity index is 1.61. The average molecular weight is 348 g/mol. The van der Waals surface area contributed by atoms with Crippen LogP contribution in [0.4, 0.5) is 11.4 Å². The Morgan fingerprint density at radius 1 is 1.04 bits per heavy atom. The fourth-order valence-corrected chi connectivity index (χ4v) is 3.09. The van der Waals surface area contributed by atoms with Crippen molar-refractivity contribution >= 4 is 34.2 Å². The maximum atomic E-state index is 12.5. The van der Waals surface area contributed by atoms with Gasteiger partial charge in [0.2, 0.25) is 5.91 Å². The molecule has 0 radical (unpaired) electrons. The zero-order chi connectivity index (χ0) is 18.1. The number of fused-ring (bicyclic) bond motifs is 1. The average Bonchev–Trinajstić information content (AvgIpc) is 3.07. The van der Waals surface area contributed by atoms with Gasteiger partial charge >= 0.3 is 5.63 Å². The van der Waals surface area contributed by atoms with E-state index in [1.54, 1.807) is 47.4 Å². The van der Waals surface area contributed by atoms with E-state index >= 15 is 0 Å². The highest BCUT2D eigenvalue weighted by Crippen LogP contribution is 2.24. The van der Waals surface area contributed by atoms with Crippen LogP contribution >= 0.6 is 0 Å². The maximum absolute atomic E-state index is 12.5. The third kappa shape index (κ3) is 2.97. The molecule has 1 aliphatic rings. The number of anilines is 2. The molecule has 0 saturated carbocycles. The summed E-state index contributed by atoms with van der Waals surface area (Å²) in [6, 6.07) is 15.6. The molecule has 1 saturated heterocycles. The fourth-order valence-electron chi connectivity index (χ4n) is 3.09. The second-order valence-corrected chi connectivity index (χ2v) is 6.14. The van der Waals surface area contributed by atoms with Crippen LogP contribution in [0.25, 0.3) is 11.0 Å². The van der Waals surface area contributed by atoms with Crippen LogP contribution in [0.3, 0.4) is 0 Å². The zero-order valence-electron chi connectivity index (χ0n) is 13.9. The minimum atomic E-state index is -0.688. The number of nitrogens with one attached hydrogen (secondary N) is 1. The van der Waals surface area contributed by atoms with Gasteiger partial charge in [-0.3, -0.25) is 9.59 Å². The van der Waals surface area contributed by atoms with Gasteiger partial charge < -0.3 is 14.6 Å². The van der Waals surface area contributed by atoms with Gasteiger partial charge in [-0.25, -0.2) is 4.79 Å². The summed E-state index contributed by atoms with van der Waals surface area (Å²) in [6.07, 6.45) is 1.36. The quantitative estimate of drug-likeness (QED) is 0.737. The first kappa shape index (κ1) is 16.1. The minimum Gasteiger partial charge on any atom is -0.422 e. The topological polar surface area (TPSA) is 79.6 Å². The van der Waals surface area contributed by atoms with E-state index in [-0.39, 0.29) is 11.5 Å². The minimum absolute atomic E-state index is 0.0636. The van der Waals surface area contributed by atoms with Gasteiger partial charge in [-0.1, -0.05) is 24.3 Å². The first-order valence-corrected chi connectivity index (χ1v) is 8.36. The number of amides is 2. The van der Waals surface area contributed by atoms with Crippen molar-refractivity contribution in [3.63, 3.8) is 0 Å². The molecule has 0 bridgehead atoms. The summed E-state index contributed by atoms with van der Waals surface area (Å²) in [5.41, 5.74) is 0.928. The highest BCUT2D eigenvalue weighted by atomic mass is 16.4. The van der Waals surface area contributed by atoms with Crippen molar-refractivity contribution in [3.05, 3.63) is 70.6 Å². The molecule has 0 unspecified atom stereocenters. The number of hydrogen-bond acceptors (Lipinski definition) is 4. The second kappa shape index (κ2) is 6.48. The van der Waals surface area contributed by atoms with Crippen molar-refractivity contribution in [1.29, 1.82) is 0 Å². The number of rotatable bonds is 3. The first-order chi connectivity index (χ1) is 12.6. The fraction of sp³-hybridized carbons (Fsp3) is 0.150. The summed E-state index contributed by atoms with van der Waals surface area (Å²) in [5, 5.41) is 3.38. The van der Waals surface area contributed by atoms with E-state index in [1.165, 1.54) is 6.07 Å². The number of nitrogens with zero attached hydrogens (tertiary/aromatic N) is 1. The van der Waals surface area contributed by atoms with Gasteiger partial charge in [0.25, 0.3) is 5.91 Å². The lowest BCUT2D eigenvalue weighted by atomic mass is 10.1. The Kier molecular flexibility index (Phi) is 4.01. The molecule has 130 valence electrons. The molecule has 2 amide bonds. The van der Waals surface area contributed by atoms with E-state index in [4.69, 9.17) is 4.42 Å². The van der Waals surface area contributed by atoms with Gasteiger partial charge in [-0.2, -0.15) is 0 Å². The molecule has 26 heavy (non-hydrogen) atoms. The van der Waals surface area contributed by atoms with Crippen molar-refractivity contribution in [3.8, 4) is 0 Å². The molecule has 2 aromatic carbocycles. The molecule has 0 atom stereocenters. The van der Waals surface area contributed by atoms with Crippen LogP contribution in [-0.2, 0) is 4.79 Å². The first-order valence-electron chi connectivity index (χ1n) is 8.36. The summed E-state index contributed by atoms with van der Waals surface area (Å²) in [6.45, 7) is 0.671. The van der Waals surface area contributed by atoms with Crippen molar-refractivity contribution < 1.29 is 14.0 Å².